The summed E-state index contributed by atoms with van der Waals surface area (Å²) in [5.74, 6) is 1.97. The summed E-state index contributed by atoms with van der Waals surface area (Å²) >= 11 is 3.51. The number of fused-ring (bicyclic) bond motifs is 1. The molecule has 0 aliphatic carbocycles. The lowest BCUT2D eigenvalue weighted by Gasteiger charge is -2.35. The van der Waals surface area contributed by atoms with E-state index >= 15 is 0 Å². The Kier molecular flexibility index (Phi) is 4.15. The lowest BCUT2D eigenvalue weighted by molar-refractivity contribution is -0.142. The molecule has 0 radical (unpaired) electrons. The number of hydrogen-bond donors (Lipinski definition) is 0. The van der Waals surface area contributed by atoms with Crippen LogP contribution in [0.1, 0.15) is 12.8 Å². The van der Waals surface area contributed by atoms with Crippen molar-refractivity contribution in [3.05, 3.63) is 24.3 Å². The SMILES string of the molecule is O=C(C1COc2ccccc2O1)N1CCCC(CBr)C1. The topological polar surface area (TPSA) is 38.8 Å². The zero-order chi connectivity index (χ0) is 13.9. The van der Waals surface area contributed by atoms with Crippen LogP contribution >= 0.6 is 15.9 Å². The second kappa shape index (κ2) is 6.04. The van der Waals surface area contributed by atoms with E-state index in [1.165, 1.54) is 6.42 Å². The number of rotatable bonds is 2. The van der Waals surface area contributed by atoms with Crippen molar-refractivity contribution < 1.29 is 14.3 Å². The van der Waals surface area contributed by atoms with Crippen molar-refractivity contribution in [3.63, 3.8) is 0 Å². The number of piperidine rings is 1. The first-order valence-corrected chi connectivity index (χ1v) is 8.13. The summed E-state index contributed by atoms with van der Waals surface area (Å²) in [6.45, 7) is 1.93. The van der Waals surface area contributed by atoms with Crippen LogP contribution in [0.2, 0.25) is 0 Å². The molecule has 108 valence electrons. The van der Waals surface area contributed by atoms with Gasteiger partial charge >= 0.3 is 0 Å². The third-order valence-electron chi connectivity index (χ3n) is 3.83. The average Bonchev–Trinajstić information content (AvgIpc) is 2.53. The third-order valence-corrected chi connectivity index (χ3v) is 4.75. The highest BCUT2D eigenvalue weighted by Crippen LogP contribution is 2.31. The molecule has 3 rings (SSSR count). The minimum Gasteiger partial charge on any atom is -0.485 e. The highest BCUT2D eigenvalue weighted by atomic mass is 79.9. The van der Waals surface area contributed by atoms with Crippen LogP contribution in [0, 0.1) is 5.92 Å². The maximum absolute atomic E-state index is 12.5. The summed E-state index contributed by atoms with van der Waals surface area (Å²) in [5, 5.41) is 0.946. The minimum atomic E-state index is -0.515. The summed E-state index contributed by atoms with van der Waals surface area (Å²) in [6.07, 6.45) is 1.73. The van der Waals surface area contributed by atoms with Crippen LogP contribution in [0.15, 0.2) is 24.3 Å². The molecule has 2 unspecified atom stereocenters. The third kappa shape index (κ3) is 2.77. The molecule has 1 aromatic carbocycles. The fourth-order valence-corrected chi connectivity index (χ4v) is 3.26. The molecule has 5 heteroatoms. The Hall–Kier alpha value is -1.23. The number of amides is 1. The Balaban J connectivity index is 1.67. The molecule has 2 aliphatic heterocycles. The summed E-state index contributed by atoms with van der Waals surface area (Å²) in [5.41, 5.74) is 0. The molecule has 0 aromatic heterocycles. The molecule has 0 saturated carbocycles. The monoisotopic (exact) mass is 339 g/mol. The van der Waals surface area contributed by atoms with Crippen LogP contribution in [-0.4, -0.2) is 41.9 Å². The number of carbonyl (C=O) groups excluding carboxylic acids is 1. The molecule has 1 fully saturated rings. The van der Waals surface area contributed by atoms with Gasteiger partial charge < -0.3 is 14.4 Å². The zero-order valence-corrected chi connectivity index (χ0v) is 12.8. The first-order valence-electron chi connectivity index (χ1n) is 7.01. The van der Waals surface area contributed by atoms with Crippen molar-refractivity contribution in [1.29, 1.82) is 0 Å². The van der Waals surface area contributed by atoms with Crippen molar-refractivity contribution in [2.24, 2.45) is 5.92 Å². The predicted octanol–water partition coefficient (Wildman–Crippen LogP) is 2.46. The molecule has 2 heterocycles. The smallest absolute Gasteiger partial charge is 0.267 e. The number of nitrogens with zero attached hydrogens (tertiary/aromatic N) is 1. The van der Waals surface area contributed by atoms with Gasteiger partial charge in [0.1, 0.15) is 6.61 Å². The fraction of sp³-hybridized carbons (Fsp3) is 0.533. The van der Waals surface area contributed by atoms with Gasteiger partial charge in [-0.2, -0.15) is 0 Å². The Morgan fingerprint density at radius 2 is 2.15 bits per heavy atom. The van der Waals surface area contributed by atoms with Gasteiger partial charge in [0.05, 0.1) is 0 Å². The second-order valence-electron chi connectivity index (χ2n) is 5.31. The predicted molar refractivity (Wildman–Crippen MR) is 79.5 cm³/mol. The Bertz CT molecular complexity index is 494. The van der Waals surface area contributed by atoms with Crippen LogP contribution < -0.4 is 9.47 Å². The first-order chi connectivity index (χ1) is 9.78. The van der Waals surface area contributed by atoms with Gasteiger partial charge in [-0.05, 0) is 30.9 Å². The van der Waals surface area contributed by atoms with Gasteiger partial charge in [0.15, 0.2) is 11.5 Å². The number of likely N-dealkylation sites (tertiary alicyclic amines) is 1. The fourth-order valence-electron chi connectivity index (χ4n) is 2.74. The largest absolute Gasteiger partial charge is 0.485 e. The molecule has 1 amide bonds. The molecular formula is C15H18BrNO3. The molecule has 0 N–H and O–H groups in total. The maximum Gasteiger partial charge on any atom is 0.267 e. The van der Waals surface area contributed by atoms with Crippen LogP contribution in [0.4, 0.5) is 0 Å². The number of alkyl halides is 1. The number of para-hydroxylation sites is 2. The van der Waals surface area contributed by atoms with Gasteiger partial charge in [-0.1, -0.05) is 28.1 Å². The second-order valence-corrected chi connectivity index (χ2v) is 5.96. The molecular weight excluding hydrogens is 322 g/mol. The van der Waals surface area contributed by atoms with E-state index in [2.05, 4.69) is 15.9 Å². The summed E-state index contributed by atoms with van der Waals surface area (Å²) in [7, 11) is 0. The lowest BCUT2D eigenvalue weighted by atomic mass is 10.00. The van der Waals surface area contributed by atoms with Crippen molar-refractivity contribution in [1.82, 2.24) is 4.90 Å². The summed E-state index contributed by atoms with van der Waals surface area (Å²) < 4.78 is 11.4. The lowest BCUT2D eigenvalue weighted by Crippen LogP contribution is -2.50. The first kappa shape index (κ1) is 13.7. The number of hydrogen-bond acceptors (Lipinski definition) is 3. The van der Waals surface area contributed by atoms with Gasteiger partial charge in [0.2, 0.25) is 6.10 Å². The summed E-state index contributed by atoms with van der Waals surface area (Å²) in [4.78, 5) is 14.4. The minimum absolute atomic E-state index is 0.0464. The molecule has 20 heavy (non-hydrogen) atoms. The van der Waals surface area contributed by atoms with Crippen LogP contribution in [0.3, 0.4) is 0 Å². The van der Waals surface area contributed by atoms with Crippen molar-refractivity contribution in [3.8, 4) is 11.5 Å². The number of halogens is 1. The van der Waals surface area contributed by atoms with E-state index in [4.69, 9.17) is 9.47 Å². The van der Waals surface area contributed by atoms with E-state index in [9.17, 15) is 4.79 Å². The number of benzene rings is 1. The van der Waals surface area contributed by atoms with Gasteiger partial charge in [0, 0.05) is 18.4 Å². The molecule has 4 nitrogen and oxygen atoms in total. The quantitative estimate of drug-likeness (QED) is 0.777. The Morgan fingerprint density at radius 3 is 2.95 bits per heavy atom. The number of ether oxygens (including phenoxy) is 2. The van der Waals surface area contributed by atoms with Crippen LogP contribution in [0.5, 0.6) is 11.5 Å². The van der Waals surface area contributed by atoms with Crippen molar-refractivity contribution in [2.75, 3.05) is 25.0 Å². The van der Waals surface area contributed by atoms with Gasteiger partial charge in [-0.3, -0.25) is 4.79 Å². The van der Waals surface area contributed by atoms with Gasteiger partial charge in [0.25, 0.3) is 5.91 Å². The van der Waals surface area contributed by atoms with Gasteiger partial charge in [-0.25, -0.2) is 0 Å². The van der Waals surface area contributed by atoms with E-state index in [-0.39, 0.29) is 5.91 Å². The van der Waals surface area contributed by atoms with E-state index in [0.29, 0.717) is 24.0 Å². The zero-order valence-electron chi connectivity index (χ0n) is 11.3. The molecule has 0 bridgehead atoms. The van der Waals surface area contributed by atoms with E-state index in [1.807, 2.05) is 29.2 Å². The maximum atomic E-state index is 12.5. The highest BCUT2D eigenvalue weighted by Gasteiger charge is 2.33. The normalized spacial score (nSPS) is 25.4. The van der Waals surface area contributed by atoms with E-state index in [1.54, 1.807) is 0 Å². The average molecular weight is 340 g/mol. The van der Waals surface area contributed by atoms with E-state index < -0.39 is 6.10 Å². The number of carbonyl (C=O) groups is 1. The Labute approximate surface area is 127 Å². The summed E-state index contributed by atoms with van der Waals surface area (Å²) in [6, 6.07) is 7.48. The highest BCUT2D eigenvalue weighted by molar-refractivity contribution is 9.09. The molecule has 2 aliphatic rings. The Morgan fingerprint density at radius 1 is 1.35 bits per heavy atom. The van der Waals surface area contributed by atoms with Crippen LogP contribution in [-0.2, 0) is 4.79 Å². The molecule has 0 spiro atoms. The van der Waals surface area contributed by atoms with Crippen molar-refractivity contribution in [2.45, 2.75) is 18.9 Å². The molecule has 1 saturated heterocycles. The van der Waals surface area contributed by atoms with Crippen molar-refractivity contribution >= 4 is 21.8 Å². The molecule has 2 atom stereocenters. The van der Waals surface area contributed by atoms with Crippen LogP contribution in [0.25, 0.3) is 0 Å². The standard InChI is InChI=1S/C15H18BrNO3/c16-8-11-4-3-7-17(9-11)15(18)14-10-19-12-5-1-2-6-13(12)20-14/h1-2,5-6,11,14H,3-4,7-10H2. The van der Waals surface area contributed by atoms with Gasteiger partial charge in [-0.15, -0.1) is 0 Å². The van der Waals surface area contributed by atoms with E-state index in [0.717, 1.165) is 24.8 Å². The molecule has 1 aromatic rings.